The Hall–Kier alpha value is -1.19. The summed E-state index contributed by atoms with van der Waals surface area (Å²) in [5.74, 6) is 2.32. The fraction of sp³-hybridized carbons (Fsp3) is 0.786. The summed E-state index contributed by atoms with van der Waals surface area (Å²) >= 11 is 0. The zero-order valence-corrected chi connectivity index (χ0v) is 11.5. The number of aromatic nitrogens is 2. The molecule has 3 unspecified atom stereocenters. The highest BCUT2D eigenvalue weighted by Crippen LogP contribution is 2.34. The molecule has 0 N–H and O–H groups in total. The van der Waals surface area contributed by atoms with Crippen molar-refractivity contribution in [2.75, 3.05) is 0 Å². The van der Waals surface area contributed by atoms with Crippen molar-refractivity contribution in [1.29, 1.82) is 0 Å². The number of nitrogens with zero attached hydrogens (tertiary/aromatic N) is 2. The summed E-state index contributed by atoms with van der Waals surface area (Å²) in [6.07, 6.45) is 5.32. The summed E-state index contributed by atoms with van der Waals surface area (Å²) in [4.78, 5) is 16.1. The average molecular weight is 250 g/mol. The van der Waals surface area contributed by atoms with Gasteiger partial charge in [0.1, 0.15) is 5.78 Å². The van der Waals surface area contributed by atoms with Crippen molar-refractivity contribution in [3.8, 4) is 0 Å². The SMILES string of the molecule is CCC(=O)C(C)c1nc(C2CCCC(C)C2)no1. The van der Waals surface area contributed by atoms with Crippen molar-refractivity contribution in [3.05, 3.63) is 11.7 Å². The number of carbonyl (C=O) groups is 1. The van der Waals surface area contributed by atoms with E-state index < -0.39 is 0 Å². The molecule has 0 amide bonds. The zero-order valence-electron chi connectivity index (χ0n) is 11.5. The van der Waals surface area contributed by atoms with Gasteiger partial charge in [-0.05, 0) is 25.7 Å². The number of ketones is 1. The summed E-state index contributed by atoms with van der Waals surface area (Å²) < 4.78 is 5.26. The lowest BCUT2D eigenvalue weighted by Crippen LogP contribution is -2.13. The van der Waals surface area contributed by atoms with Crippen LogP contribution in [0.25, 0.3) is 0 Å². The van der Waals surface area contributed by atoms with E-state index in [0.717, 1.165) is 24.6 Å². The fourth-order valence-electron chi connectivity index (χ4n) is 2.70. The molecule has 4 heteroatoms. The molecular weight excluding hydrogens is 228 g/mol. The van der Waals surface area contributed by atoms with E-state index in [4.69, 9.17) is 4.52 Å². The number of hydrogen-bond donors (Lipinski definition) is 0. The third-order valence-electron chi connectivity index (χ3n) is 3.96. The lowest BCUT2D eigenvalue weighted by molar-refractivity contribution is -0.120. The molecule has 1 aliphatic carbocycles. The van der Waals surface area contributed by atoms with Crippen LogP contribution in [0.4, 0.5) is 0 Å². The number of carbonyl (C=O) groups excluding carboxylic acids is 1. The summed E-state index contributed by atoms with van der Waals surface area (Å²) in [6, 6.07) is 0. The van der Waals surface area contributed by atoms with Gasteiger partial charge in [-0.1, -0.05) is 31.8 Å². The molecule has 3 atom stereocenters. The second kappa shape index (κ2) is 5.63. The Labute approximate surface area is 108 Å². The van der Waals surface area contributed by atoms with Crippen molar-refractivity contribution >= 4 is 5.78 Å². The van der Waals surface area contributed by atoms with Crippen LogP contribution in [-0.2, 0) is 4.79 Å². The second-order valence-corrected chi connectivity index (χ2v) is 5.50. The third kappa shape index (κ3) is 2.79. The minimum absolute atomic E-state index is 0.155. The van der Waals surface area contributed by atoms with Crippen molar-refractivity contribution in [1.82, 2.24) is 10.1 Å². The standard InChI is InChI=1S/C14H22N2O2/c1-4-12(17)10(3)14-15-13(16-18-14)11-7-5-6-9(2)8-11/h9-11H,4-8H2,1-3H3. The van der Waals surface area contributed by atoms with Gasteiger partial charge < -0.3 is 4.52 Å². The van der Waals surface area contributed by atoms with E-state index in [0.29, 0.717) is 18.2 Å². The van der Waals surface area contributed by atoms with Gasteiger partial charge >= 0.3 is 0 Å². The van der Waals surface area contributed by atoms with Gasteiger partial charge in [-0.2, -0.15) is 4.98 Å². The summed E-state index contributed by atoms with van der Waals surface area (Å²) in [6.45, 7) is 5.97. The zero-order chi connectivity index (χ0) is 13.1. The quantitative estimate of drug-likeness (QED) is 0.821. The lowest BCUT2D eigenvalue weighted by atomic mass is 9.82. The molecule has 1 heterocycles. The van der Waals surface area contributed by atoms with Gasteiger partial charge in [0.2, 0.25) is 5.89 Å². The van der Waals surface area contributed by atoms with Crippen molar-refractivity contribution in [2.24, 2.45) is 5.92 Å². The van der Waals surface area contributed by atoms with Crippen LogP contribution in [0, 0.1) is 5.92 Å². The van der Waals surface area contributed by atoms with Crippen LogP contribution in [0.2, 0.25) is 0 Å². The highest BCUT2D eigenvalue weighted by molar-refractivity contribution is 5.83. The molecule has 1 fully saturated rings. The first-order valence-electron chi connectivity index (χ1n) is 6.98. The topological polar surface area (TPSA) is 56.0 Å². The fourth-order valence-corrected chi connectivity index (χ4v) is 2.70. The van der Waals surface area contributed by atoms with Crippen LogP contribution >= 0.6 is 0 Å². The number of Topliss-reactive ketones (excluding diaryl/α,β-unsaturated/α-hetero) is 1. The van der Waals surface area contributed by atoms with Crippen LogP contribution in [0.15, 0.2) is 4.52 Å². The molecule has 2 rings (SSSR count). The molecule has 0 saturated heterocycles. The van der Waals surface area contributed by atoms with Crippen molar-refractivity contribution in [2.45, 2.75) is 64.7 Å². The average Bonchev–Trinajstić information content (AvgIpc) is 2.86. The van der Waals surface area contributed by atoms with Gasteiger partial charge in [-0.25, -0.2) is 0 Å². The monoisotopic (exact) mass is 250 g/mol. The van der Waals surface area contributed by atoms with Crippen LogP contribution in [0.5, 0.6) is 0 Å². The van der Waals surface area contributed by atoms with E-state index in [2.05, 4.69) is 17.1 Å². The predicted octanol–water partition coefficient (Wildman–Crippen LogP) is 3.45. The smallest absolute Gasteiger partial charge is 0.236 e. The molecule has 100 valence electrons. The van der Waals surface area contributed by atoms with E-state index in [1.165, 1.54) is 12.8 Å². The first kappa shape index (κ1) is 13.2. The molecular formula is C14H22N2O2. The van der Waals surface area contributed by atoms with E-state index in [-0.39, 0.29) is 11.7 Å². The maximum Gasteiger partial charge on any atom is 0.236 e. The summed E-state index contributed by atoms with van der Waals surface area (Å²) in [7, 11) is 0. The normalized spacial score (nSPS) is 25.9. The predicted molar refractivity (Wildman–Crippen MR) is 68.4 cm³/mol. The molecule has 4 nitrogen and oxygen atoms in total. The molecule has 0 aliphatic heterocycles. The second-order valence-electron chi connectivity index (χ2n) is 5.50. The Bertz CT molecular complexity index is 414. The summed E-state index contributed by atoms with van der Waals surface area (Å²) in [5.41, 5.74) is 0. The van der Waals surface area contributed by atoms with Gasteiger partial charge in [0, 0.05) is 12.3 Å². The highest BCUT2D eigenvalue weighted by atomic mass is 16.5. The first-order chi connectivity index (χ1) is 8.61. The molecule has 1 aromatic heterocycles. The van der Waals surface area contributed by atoms with Crippen molar-refractivity contribution < 1.29 is 9.32 Å². The van der Waals surface area contributed by atoms with E-state index in [1.807, 2.05) is 13.8 Å². The van der Waals surface area contributed by atoms with Crippen LogP contribution in [-0.4, -0.2) is 15.9 Å². The Balaban J connectivity index is 2.07. The molecule has 0 bridgehead atoms. The van der Waals surface area contributed by atoms with E-state index in [1.54, 1.807) is 0 Å². The third-order valence-corrected chi connectivity index (χ3v) is 3.96. The van der Waals surface area contributed by atoms with Crippen LogP contribution in [0.3, 0.4) is 0 Å². The minimum atomic E-state index is -0.266. The van der Waals surface area contributed by atoms with E-state index in [9.17, 15) is 4.79 Å². The lowest BCUT2D eigenvalue weighted by Gasteiger charge is -2.23. The van der Waals surface area contributed by atoms with Gasteiger partial charge in [0.05, 0.1) is 5.92 Å². The molecule has 0 radical (unpaired) electrons. The van der Waals surface area contributed by atoms with Gasteiger partial charge in [-0.3, -0.25) is 4.79 Å². The number of hydrogen-bond acceptors (Lipinski definition) is 4. The Kier molecular flexibility index (Phi) is 4.15. The largest absolute Gasteiger partial charge is 0.339 e. The number of rotatable bonds is 4. The Morgan fingerprint density at radius 3 is 2.94 bits per heavy atom. The molecule has 0 aromatic carbocycles. The molecule has 0 spiro atoms. The van der Waals surface area contributed by atoms with Crippen molar-refractivity contribution in [3.63, 3.8) is 0 Å². The highest BCUT2D eigenvalue weighted by Gasteiger charge is 2.27. The molecule has 1 saturated carbocycles. The molecule has 1 aliphatic rings. The maximum atomic E-state index is 11.6. The molecule has 1 aromatic rings. The Morgan fingerprint density at radius 1 is 1.50 bits per heavy atom. The van der Waals surface area contributed by atoms with Gasteiger partial charge in [-0.15, -0.1) is 0 Å². The maximum absolute atomic E-state index is 11.6. The van der Waals surface area contributed by atoms with Gasteiger partial charge in [0.25, 0.3) is 0 Å². The molecule has 18 heavy (non-hydrogen) atoms. The minimum Gasteiger partial charge on any atom is -0.339 e. The van der Waals surface area contributed by atoms with Crippen LogP contribution in [0.1, 0.15) is 76.4 Å². The van der Waals surface area contributed by atoms with Gasteiger partial charge in [0.15, 0.2) is 5.82 Å². The summed E-state index contributed by atoms with van der Waals surface area (Å²) in [5, 5.41) is 4.07. The first-order valence-corrected chi connectivity index (χ1v) is 6.98. The van der Waals surface area contributed by atoms with E-state index >= 15 is 0 Å². The Morgan fingerprint density at radius 2 is 2.28 bits per heavy atom. The van der Waals surface area contributed by atoms with Crippen LogP contribution < -0.4 is 0 Å².